The van der Waals surface area contributed by atoms with Gasteiger partial charge in [-0.3, -0.25) is 14.9 Å². The molecule has 0 bridgehead atoms. The number of piperazine rings is 1. The molecule has 0 spiro atoms. The van der Waals surface area contributed by atoms with Gasteiger partial charge in [-0.25, -0.2) is 0 Å². The molecule has 0 radical (unpaired) electrons. The van der Waals surface area contributed by atoms with Gasteiger partial charge in [-0.15, -0.1) is 0 Å². The van der Waals surface area contributed by atoms with E-state index in [4.69, 9.17) is 4.74 Å². The normalized spacial score (nSPS) is 14.4. The number of nitro benzene ring substituents is 1. The number of nitrogens with zero attached hydrogens (tertiary/aromatic N) is 3. The Hall–Kier alpha value is -4.07. The van der Waals surface area contributed by atoms with Crippen molar-refractivity contribution in [2.75, 3.05) is 36.4 Å². The molecular weight excluding hydrogens is 456 g/mol. The van der Waals surface area contributed by atoms with E-state index in [9.17, 15) is 14.9 Å². The lowest BCUT2D eigenvalue weighted by atomic mass is 10.1. The van der Waals surface area contributed by atoms with Crippen LogP contribution in [0.4, 0.5) is 17.1 Å². The molecule has 0 saturated carbocycles. The largest absolute Gasteiger partial charge is 0.491 e. The zero-order valence-corrected chi connectivity index (χ0v) is 20.9. The number of carbonyl (C=O) groups is 1. The zero-order valence-electron chi connectivity index (χ0n) is 20.9. The summed E-state index contributed by atoms with van der Waals surface area (Å²) in [5.74, 6) is 0.740. The number of benzene rings is 3. The van der Waals surface area contributed by atoms with Gasteiger partial charge in [-0.05, 0) is 62.7 Å². The standard InChI is InChI=1S/C28H32N4O4/c1-20(2)36-25-12-9-23(10-13-25)28(33)31-17-15-30(16-18-31)24-11-14-27(32(34)35)26(19-24)29-21(3)22-7-5-4-6-8-22/h4-14,19-21,29H,15-18H2,1-3H3/t21-/m1/s1. The average molecular weight is 489 g/mol. The lowest BCUT2D eigenvalue weighted by Crippen LogP contribution is -2.48. The molecule has 188 valence electrons. The van der Waals surface area contributed by atoms with Gasteiger partial charge in [0.15, 0.2) is 0 Å². The molecular formula is C28H32N4O4. The highest BCUT2D eigenvalue weighted by molar-refractivity contribution is 5.94. The molecule has 3 aromatic carbocycles. The van der Waals surface area contributed by atoms with Gasteiger partial charge >= 0.3 is 0 Å². The highest BCUT2D eigenvalue weighted by Gasteiger charge is 2.24. The van der Waals surface area contributed by atoms with Crippen LogP contribution in [0.1, 0.15) is 42.7 Å². The van der Waals surface area contributed by atoms with Crippen LogP contribution >= 0.6 is 0 Å². The number of amides is 1. The molecule has 1 aliphatic heterocycles. The van der Waals surface area contributed by atoms with E-state index < -0.39 is 0 Å². The first-order valence-corrected chi connectivity index (χ1v) is 12.2. The topological polar surface area (TPSA) is 88.0 Å². The molecule has 36 heavy (non-hydrogen) atoms. The van der Waals surface area contributed by atoms with Gasteiger partial charge in [0.2, 0.25) is 0 Å². The summed E-state index contributed by atoms with van der Waals surface area (Å²) in [5, 5.41) is 15.0. The first kappa shape index (κ1) is 25.0. The molecule has 1 amide bonds. The highest BCUT2D eigenvalue weighted by atomic mass is 16.6. The Bertz CT molecular complexity index is 1190. The van der Waals surface area contributed by atoms with Crippen molar-refractivity contribution in [3.8, 4) is 5.75 Å². The molecule has 1 fully saturated rings. The maximum atomic E-state index is 13.0. The Morgan fingerprint density at radius 1 is 0.944 bits per heavy atom. The Kier molecular flexibility index (Phi) is 7.73. The van der Waals surface area contributed by atoms with Crippen LogP contribution in [0.3, 0.4) is 0 Å². The fourth-order valence-electron chi connectivity index (χ4n) is 4.35. The van der Waals surface area contributed by atoms with E-state index in [0.29, 0.717) is 37.4 Å². The first-order chi connectivity index (χ1) is 17.3. The molecule has 1 aliphatic rings. The molecule has 8 nitrogen and oxygen atoms in total. The van der Waals surface area contributed by atoms with Crippen LogP contribution < -0.4 is 15.0 Å². The van der Waals surface area contributed by atoms with Crippen molar-refractivity contribution >= 4 is 23.0 Å². The predicted octanol–water partition coefficient (Wildman–Crippen LogP) is 5.52. The summed E-state index contributed by atoms with van der Waals surface area (Å²) >= 11 is 0. The number of hydrogen-bond acceptors (Lipinski definition) is 6. The second kappa shape index (κ2) is 11.1. The minimum absolute atomic E-state index is 0.00603. The van der Waals surface area contributed by atoms with Crippen molar-refractivity contribution in [1.82, 2.24) is 4.90 Å². The number of nitro groups is 1. The summed E-state index contributed by atoms with van der Waals surface area (Å²) in [5.41, 5.74) is 3.10. The van der Waals surface area contributed by atoms with E-state index in [1.54, 1.807) is 24.3 Å². The number of hydrogen-bond donors (Lipinski definition) is 1. The third-order valence-corrected chi connectivity index (χ3v) is 6.25. The summed E-state index contributed by atoms with van der Waals surface area (Å²) < 4.78 is 5.66. The highest BCUT2D eigenvalue weighted by Crippen LogP contribution is 2.33. The fourth-order valence-corrected chi connectivity index (χ4v) is 4.35. The molecule has 1 N–H and O–H groups in total. The van der Waals surface area contributed by atoms with E-state index in [0.717, 1.165) is 17.0 Å². The van der Waals surface area contributed by atoms with Crippen molar-refractivity contribution in [3.05, 3.63) is 94.0 Å². The van der Waals surface area contributed by atoms with Crippen molar-refractivity contribution in [1.29, 1.82) is 0 Å². The van der Waals surface area contributed by atoms with E-state index in [-0.39, 0.29) is 28.7 Å². The van der Waals surface area contributed by atoms with Gasteiger partial charge in [0.1, 0.15) is 11.4 Å². The quantitative estimate of drug-likeness (QED) is 0.332. The van der Waals surface area contributed by atoms with Crippen molar-refractivity contribution in [2.24, 2.45) is 0 Å². The van der Waals surface area contributed by atoms with Crippen LogP contribution in [-0.4, -0.2) is 48.0 Å². The Balaban J connectivity index is 1.42. The predicted molar refractivity (Wildman–Crippen MR) is 142 cm³/mol. The zero-order chi connectivity index (χ0) is 25.7. The second-order valence-corrected chi connectivity index (χ2v) is 9.21. The molecule has 0 aliphatic carbocycles. The molecule has 1 heterocycles. The molecule has 1 atom stereocenters. The maximum absolute atomic E-state index is 13.0. The van der Waals surface area contributed by atoms with Crippen LogP contribution in [0, 0.1) is 10.1 Å². The number of nitrogens with one attached hydrogen (secondary N) is 1. The lowest BCUT2D eigenvalue weighted by Gasteiger charge is -2.36. The monoisotopic (exact) mass is 488 g/mol. The third-order valence-electron chi connectivity index (χ3n) is 6.25. The van der Waals surface area contributed by atoms with E-state index in [1.807, 2.05) is 74.2 Å². The van der Waals surface area contributed by atoms with Gasteiger partial charge in [0.05, 0.1) is 11.0 Å². The molecule has 1 saturated heterocycles. The number of ether oxygens (including phenoxy) is 1. The molecule has 0 aromatic heterocycles. The smallest absolute Gasteiger partial charge is 0.292 e. The van der Waals surface area contributed by atoms with Gasteiger partial charge in [0, 0.05) is 49.5 Å². The first-order valence-electron chi connectivity index (χ1n) is 12.2. The Labute approximate surface area is 211 Å². The van der Waals surface area contributed by atoms with Crippen molar-refractivity contribution in [3.63, 3.8) is 0 Å². The maximum Gasteiger partial charge on any atom is 0.292 e. The summed E-state index contributed by atoms with van der Waals surface area (Å²) in [6.07, 6.45) is 0.0799. The summed E-state index contributed by atoms with van der Waals surface area (Å²) in [6, 6.07) is 22.2. The SMILES string of the molecule is CC(C)Oc1ccc(C(=O)N2CCN(c3ccc([N+](=O)[O-])c(N[C@H](C)c4ccccc4)c3)CC2)cc1. The lowest BCUT2D eigenvalue weighted by molar-refractivity contribution is -0.384. The molecule has 3 aromatic rings. The Morgan fingerprint density at radius 2 is 1.61 bits per heavy atom. The minimum Gasteiger partial charge on any atom is -0.491 e. The van der Waals surface area contributed by atoms with Gasteiger partial charge in [-0.2, -0.15) is 0 Å². The van der Waals surface area contributed by atoms with Crippen LogP contribution in [0.2, 0.25) is 0 Å². The minimum atomic E-state index is -0.363. The van der Waals surface area contributed by atoms with E-state index >= 15 is 0 Å². The van der Waals surface area contributed by atoms with E-state index in [2.05, 4.69) is 10.2 Å². The molecule has 4 rings (SSSR count). The van der Waals surface area contributed by atoms with Gasteiger partial charge < -0.3 is 19.9 Å². The van der Waals surface area contributed by atoms with Crippen molar-refractivity contribution < 1.29 is 14.5 Å². The molecule has 0 unspecified atom stereocenters. The average Bonchev–Trinajstić information content (AvgIpc) is 2.89. The summed E-state index contributed by atoms with van der Waals surface area (Å²) in [7, 11) is 0. The Morgan fingerprint density at radius 3 is 2.22 bits per heavy atom. The van der Waals surface area contributed by atoms with Crippen LogP contribution in [-0.2, 0) is 0 Å². The van der Waals surface area contributed by atoms with Crippen LogP contribution in [0.15, 0.2) is 72.8 Å². The van der Waals surface area contributed by atoms with Gasteiger partial charge in [0.25, 0.3) is 11.6 Å². The van der Waals surface area contributed by atoms with Crippen LogP contribution in [0.25, 0.3) is 0 Å². The van der Waals surface area contributed by atoms with Crippen LogP contribution in [0.5, 0.6) is 5.75 Å². The summed E-state index contributed by atoms with van der Waals surface area (Å²) in [4.78, 5) is 28.3. The van der Waals surface area contributed by atoms with Crippen molar-refractivity contribution in [2.45, 2.75) is 32.9 Å². The number of anilines is 2. The second-order valence-electron chi connectivity index (χ2n) is 9.21. The third kappa shape index (κ3) is 5.94. The van der Waals surface area contributed by atoms with E-state index in [1.165, 1.54) is 0 Å². The van der Waals surface area contributed by atoms with Gasteiger partial charge in [-0.1, -0.05) is 30.3 Å². The fraction of sp³-hybridized carbons (Fsp3) is 0.321. The summed E-state index contributed by atoms with van der Waals surface area (Å²) in [6.45, 7) is 8.35. The number of rotatable bonds is 8. The molecule has 8 heteroatoms. The number of carbonyl (C=O) groups excluding carboxylic acids is 1.